The van der Waals surface area contributed by atoms with E-state index in [1.165, 1.54) is 19.5 Å². The molecule has 1 heteroatoms. The number of piperidine rings is 1. The van der Waals surface area contributed by atoms with Crippen LogP contribution in [-0.4, -0.2) is 13.1 Å². The Hall–Kier alpha value is -0.0400. The van der Waals surface area contributed by atoms with E-state index in [2.05, 4.69) is 5.32 Å². The van der Waals surface area contributed by atoms with Crippen LogP contribution < -0.4 is 5.32 Å². The summed E-state index contributed by atoms with van der Waals surface area (Å²) in [5, 5.41) is 3.32. The Kier molecular flexibility index (Phi) is 0.396. The lowest BCUT2D eigenvalue weighted by Crippen LogP contribution is -2.10. The predicted molar refractivity (Wildman–Crippen MR) is 24.5 cm³/mol. The summed E-state index contributed by atoms with van der Waals surface area (Å²) in [6.07, 6.45) is 1.52. The van der Waals surface area contributed by atoms with Gasteiger partial charge in [-0.15, -0.1) is 0 Å². The summed E-state index contributed by atoms with van der Waals surface area (Å²) in [6, 6.07) is 0. The van der Waals surface area contributed by atoms with Crippen LogP contribution in [-0.2, 0) is 0 Å². The van der Waals surface area contributed by atoms with E-state index in [-0.39, 0.29) is 0 Å². The summed E-state index contributed by atoms with van der Waals surface area (Å²) in [4.78, 5) is 0. The highest BCUT2D eigenvalue weighted by atomic mass is 14.9. The number of hydrogen-bond donors (Lipinski definition) is 1. The van der Waals surface area contributed by atoms with Crippen molar-refractivity contribution < 1.29 is 0 Å². The van der Waals surface area contributed by atoms with E-state index < -0.39 is 0 Å². The number of fused-ring (bicyclic) bond motifs is 1. The van der Waals surface area contributed by atoms with Crippen LogP contribution in [0.2, 0.25) is 0 Å². The zero-order valence-corrected chi connectivity index (χ0v) is 3.78. The van der Waals surface area contributed by atoms with Gasteiger partial charge in [-0.25, -0.2) is 0 Å². The number of hydrogen-bond acceptors (Lipinski definition) is 1. The minimum atomic E-state index is 1.10. The van der Waals surface area contributed by atoms with Gasteiger partial charge in [-0.3, -0.25) is 0 Å². The van der Waals surface area contributed by atoms with Crippen LogP contribution in [0, 0.1) is 11.8 Å². The molecule has 0 spiro atoms. The van der Waals surface area contributed by atoms with Crippen LogP contribution in [0.15, 0.2) is 0 Å². The SMILES string of the molecule is C1NC[C@@H]2C[C@@H]12. The quantitative estimate of drug-likeness (QED) is 0.442. The summed E-state index contributed by atoms with van der Waals surface area (Å²) in [5.41, 5.74) is 0. The van der Waals surface area contributed by atoms with E-state index in [4.69, 9.17) is 0 Å². The van der Waals surface area contributed by atoms with Crippen LogP contribution in [0.1, 0.15) is 6.42 Å². The first-order valence-corrected chi connectivity index (χ1v) is 2.67. The minimum absolute atomic E-state index is 1.10. The van der Waals surface area contributed by atoms with Crippen LogP contribution in [0.25, 0.3) is 0 Å². The average Bonchev–Trinajstić information content (AvgIpc) is 2.17. The molecule has 0 aromatic heterocycles. The monoisotopic (exact) mass is 83.1 g/mol. The molecule has 2 atom stereocenters. The Morgan fingerprint density at radius 1 is 1.17 bits per heavy atom. The molecule has 1 heterocycles. The van der Waals surface area contributed by atoms with Gasteiger partial charge in [0.05, 0.1) is 0 Å². The average molecular weight is 83.1 g/mol. The molecule has 1 saturated heterocycles. The maximum absolute atomic E-state index is 3.32. The molecule has 1 N–H and O–H groups in total. The van der Waals surface area contributed by atoms with Gasteiger partial charge in [0, 0.05) is 0 Å². The fraction of sp³-hybridized carbons (Fsp3) is 1.00. The van der Waals surface area contributed by atoms with Gasteiger partial charge in [0.25, 0.3) is 0 Å². The Morgan fingerprint density at radius 3 is 2.00 bits per heavy atom. The summed E-state index contributed by atoms with van der Waals surface area (Å²) >= 11 is 0. The molecular formula is C5H9N. The van der Waals surface area contributed by atoms with Crippen LogP contribution >= 0.6 is 0 Å². The van der Waals surface area contributed by atoms with Gasteiger partial charge >= 0.3 is 0 Å². The Bertz CT molecular complexity index is 62.3. The maximum atomic E-state index is 3.32. The van der Waals surface area contributed by atoms with E-state index in [1.54, 1.807) is 0 Å². The molecule has 0 bridgehead atoms. The van der Waals surface area contributed by atoms with Gasteiger partial charge < -0.3 is 5.32 Å². The molecule has 2 aliphatic rings. The molecule has 0 amide bonds. The zero-order chi connectivity index (χ0) is 3.98. The highest BCUT2D eigenvalue weighted by Gasteiger charge is 2.40. The summed E-state index contributed by atoms with van der Waals surface area (Å²) in [6.45, 7) is 2.62. The summed E-state index contributed by atoms with van der Waals surface area (Å²) < 4.78 is 0. The third-order valence-electron chi connectivity index (χ3n) is 1.88. The van der Waals surface area contributed by atoms with Crippen molar-refractivity contribution in [2.45, 2.75) is 6.42 Å². The van der Waals surface area contributed by atoms with Crippen molar-refractivity contribution >= 4 is 0 Å². The van der Waals surface area contributed by atoms with Gasteiger partial charge in [0.2, 0.25) is 0 Å². The topological polar surface area (TPSA) is 12.0 Å². The van der Waals surface area contributed by atoms with Crippen molar-refractivity contribution in [3.63, 3.8) is 0 Å². The Balaban J connectivity index is 2.09. The van der Waals surface area contributed by atoms with Crippen molar-refractivity contribution in [1.29, 1.82) is 0 Å². The normalized spacial score (nSPS) is 52.0. The third-order valence-corrected chi connectivity index (χ3v) is 1.88. The molecule has 0 unspecified atom stereocenters. The fourth-order valence-electron chi connectivity index (χ4n) is 1.26. The molecule has 0 aromatic carbocycles. The first-order valence-electron chi connectivity index (χ1n) is 2.67. The predicted octanol–water partition coefficient (Wildman–Crippen LogP) is 0.226. The molecule has 1 aliphatic carbocycles. The number of rotatable bonds is 0. The standard InChI is InChI=1S/C5H9N/c1-4-2-6-3-5(1)4/h4-6H,1-3H2/t4-,5-/m0/s1. The minimum Gasteiger partial charge on any atom is -0.316 e. The van der Waals surface area contributed by atoms with Crippen LogP contribution in [0.4, 0.5) is 0 Å². The van der Waals surface area contributed by atoms with Crippen molar-refractivity contribution in [2.24, 2.45) is 11.8 Å². The first-order chi connectivity index (χ1) is 2.97. The molecule has 2 rings (SSSR count). The molecule has 1 aliphatic heterocycles. The van der Waals surface area contributed by atoms with Crippen LogP contribution in [0.5, 0.6) is 0 Å². The second-order valence-electron chi connectivity index (χ2n) is 2.41. The molecule has 2 fully saturated rings. The third kappa shape index (κ3) is 0.243. The van der Waals surface area contributed by atoms with Gasteiger partial charge in [0.15, 0.2) is 0 Å². The van der Waals surface area contributed by atoms with Gasteiger partial charge in [0.1, 0.15) is 0 Å². The lowest BCUT2D eigenvalue weighted by molar-refractivity contribution is 0.732. The molecule has 6 heavy (non-hydrogen) atoms. The van der Waals surface area contributed by atoms with Crippen molar-refractivity contribution in [3.8, 4) is 0 Å². The van der Waals surface area contributed by atoms with Gasteiger partial charge in [-0.1, -0.05) is 0 Å². The molecule has 1 saturated carbocycles. The van der Waals surface area contributed by atoms with E-state index in [0.29, 0.717) is 0 Å². The molecule has 34 valence electrons. The highest BCUT2D eigenvalue weighted by Crippen LogP contribution is 2.40. The Labute approximate surface area is 37.7 Å². The highest BCUT2D eigenvalue weighted by molar-refractivity contribution is 4.94. The van der Waals surface area contributed by atoms with Gasteiger partial charge in [-0.05, 0) is 31.3 Å². The molecule has 0 aromatic rings. The fourth-order valence-corrected chi connectivity index (χ4v) is 1.26. The molecule has 1 nitrogen and oxygen atoms in total. The summed E-state index contributed by atoms with van der Waals surface area (Å²) in [5.74, 6) is 2.20. The van der Waals surface area contributed by atoms with Crippen LogP contribution in [0.3, 0.4) is 0 Å². The lowest BCUT2D eigenvalue weighted by atomic mass is 10.4. The second-order valence-corrected chi connectivity index (χ2v) is 2.41. The number of nitrogens with one attached hydrogen (secondary N) is 1. The lowest BCUT2D eigenvalue weighted by Gasteiger charge is -1.87. The van der Waals surface area contributed by atoms with Crippen molar-refractivity contribution in [1.82, 2.24) is 5.32 Å². The van der Waals surface area contributed by atoms with E-state index in [0.717, 1.165) is 11.8 Å². The second kappa shape index (κ2) is 0.784. The largest absolute Gasteiger partial charge is 0.316 e. The summed E-state index contributed by atoms with van der Waals surface area (Å²) in [7, 11) is 0. The molecular weight excluding hydrogens is 74.1 g/mol. The van der Waals surface area contributed by atoms with Crippen molar-refractivity contribution in [2.75, 3.05) is 13.1 Å². The van der Waals surface area contributed by atoms with Crippen molar-refractivity contribution in [3.05, 3.63) is 0 Å². The first kappa shape index (κ1) is 3.03. The van der Waals surface area contributed by atoms with E-state index in [1.807, 2.05) is 0 Å². The van der Waals surface area contributed by atoms with E-state index in [9.17, 15) is 0 Å². The maximum Gasteiger partial charge on any atom is -0.00172 e. The zero-order valence-electron chi connectivity index (χ0n) is 3.78. The Morgan fingerprint density at radius 2 is 1.83 bits per heavy atom. The molecule has 0 radical (unpaired) electrons. The van der Waals surface area contributed by atoms with Gasteiger partial charge in [-0.2, -0.15) is 0 Å². The smallest absolute Gasteiger partial charge is 0.00172 e. The van der Waals surface area contributed by atoms with E-state index >= 15 is 0 Å².